The van der Waals surface area contributed by atoms with Crippen molar-refractivity contribution in [3.05, 3.63) is 68.7 Å². The molecule has 0 fully saturated rings. The molecule has 0 saturated carbocycles. The third-order valence-electron chi connectivity index (χ3n) is 3.86. The molecule has 0 saturated heterocycles. The predicted octanol–water partition coefficient (Wildman–Crippen LogP) is 4.93. The lowest BCUT2D eigenvalue weighted by Crippen LogP contribution is -2.28. The van der Waals surface area contributed by atoms with E-state index in [0.717, 1.165) is 6.07 Å². The lowest BCUT2D eigenvalue weighted by molar-refractivity contribution is -0.384. The Balaban J connectivity index is 2.17. The second-order valence-electron chi connectivity index (χ2n) is 6.21. The quantitative estimate of drug-likeness (QED) is 0.324. The summed E-state index contributed by atoms with van der Waals surface area (Å²) in [6, 6.07) is 10.9. The minimum Gasteiger partial charge on any atom is -0.438 e. The third-order valence-corrected chi connectivity index (χ3v) is 4.18. The Labute approximate surface area is 160 Å². The van der Waals surface area contributed by atoms with Crippen LogP contribution in [0.4, 0.5) is 16.2 Å². The summed E-state index contributed by atoms with van der Waals surface area (Å²) in [4.78, 5) is 22.5. The van der Waals surface area contributed by atoms with Gasteiger partial charge in [-0.3, -0.25) is 15.4 Å². The highest BCUT2D eigenvalue weighted by Gasteiger charge is 2.26. The Hall–Kier alpha value is -3.13. The van der Waals surface area contributed by atoms with Crippen molar-refractivity contribution in [1.29, 1.82) is 0 Å². The van der Waals surface area contributed by atoms with Gasteiger partial charge < -0.3 is 9.94 Å². The first-order chi connectivity index (χ1) is 12.6. The number of ether oxygens (including phenoxy) is 1. The van der Waals surface area contributed by atoms with Crippen molar-refractivity contribution < 1.29 is 19.7 Å². The van der Waals surface area contributed by atoms with Crippen LogP contribution in [0.3, 0.4) is 0 Å². The molecule has 0 aliphatic carbocycles. The van der Waals surface area contributed by atoms with E-state index in [4.69, 9.17) is 21.5 Å². The highest BCUT2D eigenvalue weighted by molar-refractivity contribution is 6.32. The Bertz CT molecular complexity index is 912. The molecule has 0 aliphatic heterocycles. The average molecular weight is 392 g/mol. The number of hydrogen-bond acceptors (Lipinski definition) is 6. The largest absolute Gasteiger partial charge is 0.438 e. The van der Waals surface area contributed by atoms with Gasteiger partial charge in [0.25, 0.3) is 5.69 Å². The van der Waals surface area contributed by atoms with Crippen molar-refractivity contribution in [2.24, 2.45) is 5.16 Å². The van der Waals surface area contributed by atoms with Gasteiger partial charge in [-0.2, -0.15) is 0 Å². The first-order valence-electron chi connectivity index (χ1n) is 7.87. The summed E-state index contributed by atoms with van der Waals surface area (Å²) in [7, 11) is 0. The number of benzene rings is 2. The molecular formula is C18H18ClN3O5. The minimum atomic E-state index is -1.01. The van der Waals surface area contributed by atoms with Gasteiger partial charge >= 0.3 is 6.09 Å². The number of carbonyl (C=O) groups is 1. The summed E-state index contributed by atoms with van der Waals surface area (Å²) in [5.74, 6) is 0. The number of halogens is 1. The van der Waals surface area contributed by atoms with Crippen molar-refractivity contribution in [2.45, 2.75) is 26.4 Å². The number of nitrogens with zero attached hydrogens (tertiary/aromatic N) is 2. The van der Waals surface area contributed by atoms with Crippen molar-refractivity contribution in [2.75, 3.05) is 5.32 Å². The molecule has 142 valence electrons. The van der Waals surface area contributed by atoms with Crippen LogP contribution in [-0.2, 0) is 10.3 Å². The molecular weight excluding hydrogens is 374 g/mol. The Morgan fingerprint density at radius 2 is 2.00 bits per heavy atom. The van der Waals surface area contributed by atoms with E-state index >= 15 is 0 Å². The van der Waals surface area contributed by atoms with Crippen molar-refractivity contribution >= 4 is 34.8 Å². The number of amides is 1. The minimum absolute atomic E-state index is 0.0306. The molecule has 0 spiro atoms. The topological polar surface area (TPSA) is 114 Å². The number of nitro benzene ring substituents is 1. The average Bonchev–Trinajstić information content (AvgIpc) is 2.62. The number of oxime groups is 1. The van der Waals surface area contributed by atoms with Gasteiger partial charge in [-0.05, 0) is 50.1 Å². The fraction of sp³-hybridized carbons (Fsp3) is 0.222. The second-order valence-corrected chi connectivity index (χ2v) is 6.62. The molecule has 9 heteroatoms. The van der Waals surface area contributed by atoms with Crippen LogP contribution in [0.2, 0.25) is 5.02 Å². The molecule has 1 amide bonds. The maximum atomic E-state index is 12.2. The van der Waals surface area contributed by atoms with E-state index in [0.29, 0.717) is 16.8 Å². The zero-order valence-electron chi connectivity index (χ0n) is 14.9. The molecule has 0 atom stereocenters. The molecule has 0 unspecified atom stereocenters. The van der Waals surface area contributed by atoms with Gasteiger partial charge in [0.05, 0.1) is 16.3 Å². The summed E-state index contributed by atoms with van der Waals surface area (Å²) in [6.07, 6.45) is -0.783. The molecule has 27 heavy (non-hydrogen) atoms. The smallest absolute Gasteiger partial charge is 0.412 e. The molecule has 8 nitrogen and oxygen atoms in total. The summed E-state index contributed by atoms with van der Waals surface area (Å²) < 4.78 is 5.47. The van der Waals surface area contributed by atoms with Gasteiger partial charge in [0, 0.05) is 6.07 Å². The maximum absolute atomic E-state index is 12.2. The first kappa shape index (κ1) is 20.2. The lowest BCUT2D eigenvalue weighted by atomic mass is 9.95. The zero-order valence-corrected chi connectivity index (χ0v) is 15.6. The van der Waals surface area contributed by atoms with E-state index in [1.165, 1.54) is 12.1 Å². The zero-order chi connectivity index (χ0) is 20.2. The standard InChI is InChI=1S/C18H18ClN3O5/c1-11(21-24)12-5-4-6-13(9-12)18(2,3)27-17(23)20-14-7-8-15(19)16(10-14)22(25)26/h4-10,24H,1-3H3,(H,20,23)/b21-11+. The predicted molar refractivity (Wildman–Crippen MR) is 102 cm³/mol. The first-order valence-corrected chi connectivity index (χ1v) is 8.25. The normalized spacial score (nSPS) is 11.8. The highest BCUT2D eigenvalue weighted by Crippen LogP contribution is 2.29. The fourth-order valence-electron chi connectivity index (χ4n) is 2.34. The molecule has 2 rings (SSSR count). The van der Waals surface area contributed by atoms with E-state index < -0.39 is 16.6 Å². The van der Waals surface area contributed by atoms with Gasteiger partial charge in [0.15, 0.2) is 0 Å². The van der Waals surface area contributed by atoms with Gasteiger partial charge in [0.1, 0.15) is 10.6 Å². The van der Waals surface area contributed by atoms with Gasteiger partial charge in [0.2, 0.25) is 0 Å². The van der Waals surface area contributed by atoms with E-state index in [1.54, 1.807) is 45.0 Å². The highest BCUT2D eigenvalue weighted by atomic mass is 35.5. The van der Waals surface area contributed by atoms with Crippen LogP contribution in [0, 0.1) is 10.1 Å². The number of hydrogen-bond donors (Lipinski definition) is 2. The summed E-state index contributed by atoms with van der Waals surface area (Å²) in [6.45, 7) is 5.04. The van der Waals surface area contributed by atoms with Crippen LogP contribution in [0.1, 0.15) is 31.9 Å². The Kier molecular flexibility index (Phi) is 6.02. The van der Waals surface area contributed by atoms with Gasteiger partial charge in [-0.1, -0.05) is 35.0 Å². The second kappa shape index (κ2) is 8.05. The van der Waals surface area contributed by atoms with Crippen molar-refractivity contribution in [1.82, 2.24) is 0 Å². The number of nitrogens with one attached hydrogen (secondary N) is 1. The van der Waals surface area contributed by atoms with E-state index in [9.17, 15) is 14.9 Å². The molecule has 0 radical (unpaired) electrons. The van der Waals surface area contributed by atoms with Gasteiger partial charge in [-0.25, -0.2) is 4.79 Å². The van der Waals surface area contributed by atoms with Crippen LogP contribution < -0.4 is 5.32 Å². The number of carbonyl (C=O) groups excluding carboxylic acids is 1. The van der Waals surface area contributed by atoms with Crippen LogP contribution in [0.15, 0.2) is 47.6 Å². The fourth-order valence-corrected chi connectivity index (χ4v) is 2.53. The SMILES string of the molecule is C/C(=N\O)c1cccc(C(C)(C)OC(=O)Nc2ccc(Cl)c([N+](=O)[O-])c2)c1. The van der Waals surface area contributed by atoms with Crippen molar-refractivity contribution in [3.8, 4) is 0 Å². The molecule has 2 N–H and O–H groups in total. The van der Waals surface area contributed by atoms with Crippen LogP contribution in [0.5, 0.6) is 0 Å². The summed E-state index contributed by atoms with van der Waals surface area (Å²) in [5, 5.41) is 25.4. The van der Waals surface area contributed by atoms with Crippen LogP contribution >= 0.6 is 11.6 Å². The summed E-state index contributed by atoms with van der Waals surface area (Å²) >= 11 is 5.75. The lowest BCUT2D eigenvalue weighted by Gasteiger charge is -2.26. The molecule has 0 bridgehead atoms. The number of nitro groups is 1. The molecule has 0 aromatic heterocycles. The molecule has 2 aromatic carbocycles. The van der Waals surface area contributed by atoms with Crippen LogP contribution in [0.25, 0.3) is 0 Å². The monoisotopic (exact) mass is 391 g/mol. The molecule has 0 aliphatic rings. The molecule has 0 heterocycles. The van der Waals surface area contributed by atoms with Gasteiger partial charge in [-0.15, -0.1) is 0 Å². The molecule has 2 aromatic rings. The Morgan fingerprint density at radius 1 is 1.30 bits per heavy atom. The van der Waals surface area contributed by atoms with E-state index in [-0.39, 0.29) is 16.4 Å². The van der Waals surface area contributed by atoms with Crippen LogP contribution in [-0.4, -0.2) is 21.9 Å². The van der Waals surface area contributed by atoms with E-state index in [2.05, 4.69) is 10.5 Å². The van der Waals surface area contributed by atoms with E-state index in [1.807, 2.05) is 0 Å². The van der Waals surface area contributed by atoms with Crippen molar-refractivity contribution in [3.63, 3.8) is 0 Å². The maximum Gasteiger partial charge on any atom is 0.412 e. The third kappa shape index (κ3) is 4.95. The Morgan fingerprint density at radius 3 is 2.63 bits per heavy atom. The number of anilines is 1. The summed E-state index contributed by atoms with van der Waals surface area (Å²) in [5.41, 5.74) is 0.643. The number of rotatable bonds is 5.